The Labute approximate surface area is 146 Å². The van der Waals surface area contributed by atoms with Crippen molar-refractivity contribution in [3.63, 3.8) is 0 Å². The van der Waals surface area contributed by atoms with Crippen molar-refractivity contribution in [2.75, 3.05) is 20.8 Å². The van der Waals surface area contributed by atoms with Gasteiger partial charge >= 0.3 is 0 Å². The fraction of sp³-hybridized carbons (Fsp3) is 0.211. The molecule has 0 aliphatic carbocycles. The summed E-state index contributed by atoms with van der Waals surface area (Å²) in [4.78, 5) is 14.3. The van der Waals surface area contributed by atoms with Crippen molar-refractivity contribution in [3.8, 4) is 11.5 Å². The molecule has 3 rings (SSSR count). The minimum atomic E-state index is -0.0588. The summed E-state index contributed by atoms with van der Waals surface area (Å²) < 4.78 is 10.8. The van der Waals surface area contributed by atoms with E-state index in [4.69, 9.17) is 21.1 Å². The summed E-state index contributed by atoms with van der Waals surface area (Å²) in [5, 5.41) is 0.619. The summed E-state index contributed by atoms with van der Waals surface area (Å²) in [7, 11) is 3.41. The number of benzene rings is 2. The number of nitrogens with zero attached hydrogens (tertiary/aromatic N) is 1. The molecule has 0 atom stereocenters. The van der Waals surface area contributed by atoms with E-state index in [-0.39, 0.29) is 12.5 Å². The first-order valence-corrected chi connectivity index (χ1v) is 7.96. The zero-order chi connectivity index (χ0) is 17.1. The molecule has 0 unspecified atom stereocenters. The Bertz CT molecular complexity index is 784. The second kappa shape index (κ2) is 6.97. The fourth-order valence-electron chi connectivity index (χ4n) is 2.59. The number of halogens is 1. The van der Waals surface area contributed by atoms with Gasteiger partial charge in [0.1, 0.15) is 18.1 Å². The van der Waals surface area contributed by atoms with E-state index in [2.05, 4.69) is 0 Å². The van der Waals surface area contributed by atoms with Crippen molar-refractivity contribution < 1.29 is 14.3 Å². The van der Waals surface area contributed by atoms with Crippen LogP contribution in [0.1, 0.15) is 11.1 Å². The van der Waals surface area contributed by atoms with Gasteiger partial charge in [0.15, 0.2) is 0 Å². The molecule has 1 amide bonds. The van der Waals surface area contributed by atoms with Crippen LogP contribution < -0.4 is 9.47 Å². The molecule has 0 N–H and O–H groups in total. The lowest BCUT2D eigenvalue weighted by molar-refractivity contribution is -0.126. The van der Waals surface area contributed by atoms with E-state index in [9.17, 15) is 4.79 Å². The normalized spacial score (nSPS) is 12.7. The Balaban J connectivity index is 1.73. The van der Waals surface area contributed by atoms with Crippen LogP contribution in [-0.4, -0.2) is 31.6 Å². The predicted octanol–water partition coefficient (Wildman–Crippen LogP) is 3.78. The number of hydrogen-bond donors (Lipinski definition) is 0. The summed E-state index contributed by atoms with van der Waals surface area (Å²) >= 11 is 6.01. The lowest BCUT2D eigenvalue weighted by Gasteiger charge is -2.22. The summed E-state index contributed by atoms with van der Waals surface area (Å²) in [6, 6.07) is 13.1. The molecule has 1 aliphatic heterocycles. The topological polar surface area (TPSA) is 38.8 Å². The number of carbonyl (C=O) groups excluding carboxylic acids is 1. The first-order chi connectivity index (χ1) is 11.6. The Morgan fingerprint density at radius 2 is 2.00 bits per heavy atom. The Kier molecular flexibility index (Phi) is 4.76. The van der Waals surface area contributed by atoms with Gasteiger partial charge in [0, 0.05) is 24.2 Å². The fourth-order valence-corrected chi connectivity index (χ4v) is 2.77. The molecule has 0 bridgehead atoms. The van der Waals surface area contributed by atoms with E-state index in [1.165, 1.54) is 0 Å². The maximum Gasteiger partial charge on any atom is 0.253 e. The minimum absolute atomic E-state index is 0.0588. The molecule has 0 radical (unpaired) electrons. The largest absolute Gasteiger partial charge is 0.497 e. The molecule has 24 heavy (non-hydrogen) atoms. The number of hydrogen-bond acceptors (Lipinski definition) is 3. The smallest absolute Gasteiger partial charge is 0.253 e. The van der Waals surface area contributed by atoms with Crippen molar-refractivity contribution in [3.05, 3.63) is 64.2 Å². The van der Waals surface area contributed by atoms with Crippen LogP contribution in [0.25, 0.3) is 6.08 Å². The second-order valence-electron chi connectivity index (χ2n) is 5.65. The molecule has 0 aromatic heterocycles. The summed E-state index contributed by atoms with van der Waals surface area (Å²) in [6.45, 7) is 0.781. The van der Waals surface area contributed by atoms with Crippen LogP contribution in [0, 0.1) is 0 Å². The van der Waals surface area contributed by atoms with Gasteiger partial charge in [-0.1, -0.05) is 23.7 Å². The van der Waals surface area contributed by atoms with Crippen LogP contribution >= 0.6 is 11.6 Å². The molecule has 1 aliphatic rings. The van der Waals surface area contributed by atoms with Crippen LogP contribution in [0.2, 0.25) is 5.02 Å². The van der Waals surface area contributed by atoms with E-state index >= 15 is 0 Å². The van der Waals surface area contributed by atoms with Crippen molar-refractivity contribution in [2.45, 2.75) is 6.54 Å². The maximum absolute atomic E-state index is 12.6. The molecule has 0 saturated carbocycles. The van der Waals surface area contributed by atoms with Gasteiger partial charge in [-0.15, -0.1) is 0 Å². The monoisotopic (exact) mass is 343 g/mol. The lowest BCUT2D eigenvalue weighted by atomic mass is 10.1. The number of rotatable bonds is 4. The van der Waals surface area contributed by atoms with Gasteiger partial charge in [-0.3, -0.25) is 4.79 Å². The van der Waals surface area contributed by atoms with E-state index in [0.29, 0.717) is 17.1 Å². The van der Waals surface area contributed by atoms with Crippen molar-refractivity contribution >= 4 is 23.6 Å². The third-order valence-electron chi connectivity index (χ3n) is 3.88. The number of likely N-dealkylation sites (N-methyl/N-ethyl adjacent to an activating group) is 1. The molecule has 1 heterocycles. The summed E-state index contributed by atoms with van der Waals surface area (Å²) in [5.74, 6) is 1.48. The van der Waals surface area contributed by atoms with Gasteiger partial charge in [0.05, 0.1) is 12.7 Å². The standard InChI is InChI=1S/C19H18ClNO3/c1-21(11-13-3-6-17(23-2)7-4-13)19(22)15-9-14-10-16(20)5-8-18(14)24-12-15/h3-10H,11-12H2,1-2H3. The first kappa shape index (κ1) is 16.4. The summed E-state index contributed by atoms with van der Waals surface area (Å²) in [6.07, 6.45) is 1.84. The first-order valence-electron chi connectivity index (χ1n) is 7.58. The van der Waals surface area contributed by atoms with E-state index < -0.39 is 0 Å². The number of amides is 1. The zero-order valence-electron chi connectivity index (χ0n) is 13.6. The number of methoxy groups -OCH3 is 1. The number of carbonyl (C=O) groups is 1. The second-order valence-corrected chi connectivity index (χ2v) is 6.09. The van der Waals surface area contributed by atoms with E-state index in [1.54, 1.807) is 31.2 Å². The third-order valence-corrected chi connectivity index (χ3v) is 4.12. The molecular weight excluding hydrogens is 326 g/mol. The quantitative estimate of drug-likeness (QED) is 0.848. The van der Waals surface area contributed by atoms with Gasteiger partial charge in [0.25, 0.3) is 5.91 Å². The van der Waals surface area contributed by atoms with Gasteiger partial charge in [-0.25, -0.2) is 0 Å². The van der Waals surface area contributed by atoms with Crippen molar-refractivity contribution in [2.24, 2.45) is 0 Å². The van der Waals surface area contributed by atoms with Crippen LogP contribution in [0.15, 0.2) is 48.0 Å². The highest BCUT2D eigenvalue weighted by Gasteiger charge is 2.20. The zero-order valence-corrected chi connectivity index (χ0v) is 14.3. The maximum atomic E-state index is 12.6. The van der Waals surface area contributed by atoms with Gasteiger partial charge in [0.2, 0.25) is 0 Å². The minimum Gasteiger partial charge on any atom is -0.497 e. The highest BCUT2D eigenvalue weighted by molar-refractivity contribution is 6.30. The van der Waals surface area contributed by atoms with Crippen LogP contribution in [0.5, 0.6) is 11.5 Å². The molecule has 0 spiro atoms. The predicted molar refractivity (Wildman–Crippen MR) is 94.4 cm³/mol. The van der Waals surface area contributed by atoms with Crippen molar-refractivity contribution in [1.82, 2.24) is 4.90 Å². The van der Waals surface area contributed by atoms with E-state index in [1.807, 2.05) is 36.4 Å². The van der Waals surface area contributed by atoms with Crippen LogP contribution in [0.3, 0.4) is 0 Å². The molecule has 124 valence electrons. The lowest BCUT2D eigenvalue weighted by Crippen LogP contribution is -2.30. The average molecular weight is 344 g/mol. The average Bonchev–Trinajstić information content (AvgIpc) is 2.61. The molecule has 2 aromatic rings. The van der Waals surface area contributed by atoms with Gasteiger partial charge < -0.3 is 14.4 Å². The molecule has 5 heteroatoms. The molecular formula is C19H18ClNO3. The Morgan fingerprint density at radius 3 is 2.71 bits per heavy atom. The summed E-state index contributed by atoms with van der Waals surface area (Å²) in [5.41, 5.74) is 2.48. The third kappa shape index (κ3) is 3.54. The number of fused-ring (bicyclic) bond motifs is 1. The van der Waals surface area contributed by atoms with Gasteiger partial charge in [-0.05, 0) is 42.0 Å². The SMILES string of the molecule is COc1ccc(CN(C)C(=O)C2=Cc3cc(Cl)ccc3OC2)cc1. The van der Waals surface area contributed by atoms with Gasteiger partial charge in [-0.2, -0.15) is 0 Å². The van der Waals surface area contributed by atoms with Crippen molar-refractivity contribution in [1.29, 1.82) is 0 Å². The van der Waals surface area contributed by atoms with Crippen LogP contribution in [0.4, 0.5) is 0 Å². The molecule has 4 nitrogen and oxygen atoms in total. The highest BCUT2D eigenvalue weighted by Crippen LogP contribution is 2.29. The Morgan fingerprint density at radius 1 is 1.25 bits per heavy atom. The van der Waals surface area contributed by atoms with Crippen LogP contribution in [-0.2, 0) is 11.3 Å². The highest BCUT2D eigenvalue weighted by atomic mass is 35.5. The van der Waals surface area contributed by atoms with E-state index in [0.717, 1.165) is 22.6 Å². The number of ether oxygens (including phenoxy) is 2. The Hall–Kier alpha value is -2.46. The molecule has 0 saturated heterocycles. The molecule has 0 fully saturated rings. The molecule has 2 aromatic carbocycles.